The van der Waals surface area contributed by atoms with Crippen molar-refractivity contribution in [1.82, 2.24) is 4.72 Å². The largest absolute Gasteiger partial charge is 0.480 e. The van der Waals surface area contributed by atoms with Gasteiger partial charge in [-0.15, -0.1) is 0 Å². The molecule has 0 heterocycles. The highest BCUT2D eigenvalue weighted by molar-refractivity contribution is 7.89. The van der Waals surface area contributed by atoms with Crippen molar-refractivity contribution in [3.63, 3.8) is 0 Å². The number of halogens is 1. The van der Waals surface area contributed by atoms with Crippen LogP contribution in [-0.2, 0) is 14.8 Å². The molecule has 0 unspecified atom stereocenters. The smallest absolute Gasteiger partial charge is 0.325 e. The maximum absolute atomic E-state index is 12.9. The first-order valence-electron chi connectivity index (χ1n) is 9.00. The monoisotopic (exact) mass is 427 g/mol. The van der Waals surface area contributed by atoms with Gasteiger partial charge in [0.1, 0.15) is 5.54 Å². The molecule has 4 rings (SSSR count). The van der Waals surface area contributed by atoms with E-state index in [-0.39, 0.29) is 11.3 Å². The van der Waals surface area contributed by atoms with Crippen LogP contribution in [0.3, 0.4) is 0 Å². The van der Waals surface area contributed by atoms with Crippen molar-refractivity contribution in [1.29, 1.82) is 0 Å². The lowest BCUT2D eigenvalue weighted by Crippen LogP contribution is -2.44. The highest BCUT2D eigenvalue weighted by Crippen LogP contribution is 2.52. The second kappa shape index (κ2) is 7.30. The molecule has 0 spiro atoms. The number of nitrogens with one attached hydrogen (secondary N) is 1. The van der Waals surface area contributed by atoms with Crippen LogP contribution in [-0.4, -0.2) is 25.0 Å². The van der Waals surface area contributed by atoms with Crippen molar-refractivity contribution in [3.8, 4) is 11.1 Å². The summed E-state index contributed by atoms with van der Waals surface area (Å²) < 4.78 is 28.2. The van der Waals surface area contributed by atoms with Crippen molar-refractivity contribution in [3.05, 3.63) is 89.4 Å². The summed E-state index contributed by atoms with van der Waals surface area (Å²) in [7, 11) is -4.00. The van der Waals surface area contributed by atoms with Crippen LogP contribution in [0.4, 0.5) is 0 Å². The Morgan fingerprint density at radius 1 is 0.931 bits per heavy atom. The minimum atomic E-state index is -4.00. The maximum Gasteiger partial charge on any atom is 0.325 e. The third-order valence-electron chi connectivity index (χ3n) is 5.20. The number of hydrogen-bond donors (Lipinski definition) is 2. The summed E-state index contributed by atoms with van der Waals surface area (Å²) in [6, 6.07) is 22.6. The van der Waals surface area contributed by atoms with Crippen LogP contribution in [0.15, 0.2) is 83.8 Å². The first-order chi connectivity index (χ1) is 13.8. The summed E-state index contributed by atoms with van der Waals surface area (Å²) in [4.78, 5) is 11.9. The van der Waals surface area contributed by atoms with E-state index in [4.69, 9.17) is 11.6 Å². The van der Waals surface area contributed by atoms with Gasteiger partial charge in [-0.05, 0) is 47.4 Å². The summed E-state index contributed by atoms with van der Waals surface area (Å²) in [5.41, 5.74) is 1.02. The van der Waals surface area contributed by atoms with E-state index < -0.39 is 27.4 Å². The third-order valence-corrected chi connectivity index (χ3v) is 6.98. The predicted octanol–water partition coefficient (Wildman–Crippen LogP) is 4.30. The zero-order valence-corrected chi connectivity index (χ0v) is 16.8. The van der Waals surface area contributed by atoms with Crippen molar-refractivity contribution >= 4 is 27.6 Å². The fourth-order valence-corrected chi connectivity index (χ4v) is 5.04. The first kappa shape index (κ1) is 19.6. The van der Waals surface area contributed by atoms with E-state index in [1.165, 1.54) is 12.1 Å². The van der Waals surface area contributed by atoms with Gasteiger partial charge < -0.3 is 5.11 Å². The molecular formula is C22H18ClNO4S. The molecule has 2 atom stereocenters. The molecule has 1 fully saturated rings. The minimum absolute atomic E-state index is 0.0227. The molecule has 0 saturated heterocycles. The van der Waals surface area contributed by atoms with Crippen molar-refractivity contribution in [2.75, 3.05) is 0 Å². The fourth-order valence-electron chi connectivity index (χ4n) is 3.51. The number of carboxylic acids is 1. The number of hydrogen-bond acceptors (Lipinski definition) is 3. The van der Waals surface area contributed by atoms with Crippen LogP contribution >= 0.6 is 11.6 Å². The summed E-state index contributed by atoms with van der Waals surface area (Å²) in [5.74, 6) is -1.57. The van der Waals surface area contributed by atoms with Gasteiger partial charge in [0.05, 0.1) is 4.90 Å². The molecule has 1 aliphatic rings. The van der Waals surface area contributed by atoms with Gasteiger partial charge in [0, 0.05) is 10.9 Å². The number of carbonyl (C=O) groups is 1. The summed E-state index contributed by atoms with van der Waals surface area (Å²) in [6.07, 6.45) is 0.217. The second-order valence-electron chi connectivity index (χ2n) is 7.08. The van der Waals surface area contributed by atoms with Crippen molar-refractivity contribution < 1.29 is 18.3 Å². The zero-order chi connectivity index (χ0) is 20.6. The summed E-state index contributed by atoms with van der Waals surface area (Å²) >= 11 is 5.90. The SMILES string of the molecule is O=C(O)[C@@]1(NS(=O)(=O)c2ccc(-c3ccc(Cl)cc3)cc2)C[C@@H]1c1ccccc1. The van der Waals surface area contributed by atoms with Crippen LogP contribution in [0, 0.1) is 0 Å². The lowest BCUT2D eigenvalue weighted by Gasteiger charge is -2.16. The molecule has 7 heteroatoms. The van der Waals surface area contributed by atoms with Crippen LogP contribution in [0.25, 0.3) is 11.1 Å². The van der Waals surface area contributed by atoms with Gasteiger partial charge in [-0.3, -0.25) is 4.79 Å². The Hall–Kier alpha value is -2.67. The Bertz CT molecular complexity index is 1150. The topological polar surface area (TPSA) is 83.5 Å². The summed E-state index contributed by atoms with van der Waals surface area (Å²) in [6.45, 7) is 0. The third kappa shape index (κ3) is 3.79. The van der Waals surface area contributed by atoms with E-state index in [1.54, 1.807) is 24.3 Å². The fraction of sp³-hybridized carbons (Fsp3) is 0.136. The van der Waals surface area contributed by atoms with E-state index in [0.29, 0.717) is 5.02 Å². The van der Waals surface area contributed by atoms with Gasteiger partial charge in [0.15, 0.2) is 0 Å². The average Bonchev–Trinajstić information content (AvgIpc) is 3.44. The molecule has 0 aliphatic heterocycles. The van der Waals surface area contributed by atoms with E-state index in [9.17, 15) is 18.3 Å². The number of benzene rings is 3. The number of aliphatic carboxylic acids is 1. The lowest BCUT2D eigenvalue weighted by atomic mass is 10.1. The molecule has 29 heavy (non-hydrogen) atoms. The molecule has 3 aromatic carbocycles. The molecule has 0 bridgehead atoms. The second-order valence-corrected chi connectivity index (χ2v) is 9.20. The van der Waals surface area contributed by atoms with Gasteiger partial charge >= 0.3 is 5.97 Å². The number of carboxylic acid groups (broad SMARTS) is 1. The average molecular weight is 428 g/mol. The lowest BCUT2D eigenvalue weighted by molar-refractivity contribution is -0.140. The first-order valence-corrected chi connectivity index (χ1v) is 10.9. The quantitative estimate of drug-likeness (QED) is 0.614. The Balaban J connectivity index is 1.58. The van der Waals surface area contributed by atoms with Crippen LogP contribution in [0.5, 0.6) is 0 Å². The van der Waals surface area contributed by atoms with Gasteiger partial charge in [-0.1, -0.05) is 66.2 Å². The van der Waals surface area contributed by atoms with Gasteiger partial charge in [0.25, 0.3) is 0 Å². The van der Waals surface area contributed by atoms with Crippen LogP contribution in [0.1, 0.15) is 17.9 Å². The highest BCUT2D eigenvalue weighted by atomic mass is 35.5. The Morgan fingerprint density at radius 2 is 1.48 bits per heavy atom. The van der Waals surface area contributed by atoms with Crippen molar-refractivity contribution in [2.45, 2.75) is 22.8 Å². The van der Waals surface area contributed by atoms with E-state index >= 15 is 0 Å². The normalized spacial score (nSPS) is 20.9. The molecular weight excluding hydrogens is 410 g/mol. The highest BCUT2D eigenvalue weighted by Gasteiger charge is 2.63. The standard InChI is InChI=1S/C22H18ClNO4S/c23-18-10-6-15(7-11-18)16-8-12-19(13-9-16)29(27,28)24-22(21(25)26)14-20(22)17-4-2-1-3-5-17/h1-13,20,24H,14H2,(H,25,26)/t20-,22-/m1/s1. The van der Waals surface area contributed by atoms with Crippen LogP contribution in [0.2, 0.25) is 5.02 Å². The molecule has 0 aromatic heterocycles. The van der Waals surface area contributed by atoms with E-state index in [2.05, 4.69) is 4.72 Å². The molecule has 5 nitrogen and oxygen atoms in total. The van der Waals surface area contributed by atoms with E-state index in [0.717, 1.165) is 16.7 Å². The molecule has 148 valence electrons. The number of rotatable bonds is 6. The molecule has 2 N–H and O–H groups in total. The zero-order valence-electron chi connectivity index (χ0n) is 15.2. The van der Waals surface area contributed by atoms with E-state index in [1.807, 2.05) is 42.5 Å². The summed E-state index contributed by atoms with van der Waals surface area (Å²) in [5, 5.41) is 10.3. The van der Waals surface area contributed by atoms with Gasteiger partial charge in [0.2, 0.25) is 10.0 Å². The Morgan fingerprint density at radius 3 is 2.03 bits per heavy atom. The molecule has 0 radical (unpaired) electrons. The van der Waals surface area contributed by atoms with Crippen molar-refractivity contribution in [2.24, 2.45) is 0 Å². The van der Waals surface area contributed by atoms with Crippen LogP contribution < -0.4 is 4.72 Å². The molecule has 0 amide bonds. The molecule has 1 saturated carbocycles. The maximum atomic E-state index is 12.9. The molecule has 1 aliphatic carbocycles. The van der Waals surface area contributed by atoms with Gasteiger partial charge in [-0.2, -0.15) is 4.72 Å². The molecule has 3 aromatic rings. The number of sulfonamides is 1. The Labute approximate surface area is 174 Å². The predicted molar refractivity (Wildman–Crippen MR) is 111 cm³/mol. The Kier molecular flexibility index (Phi) is 4.94. The minimum Gasteiger partial charge on any atom is -0.480 e. The van der Waals surface area contributed by atoms with Gasteiger partial charge in [-0.25, -0.2) is 8.42 Å².